The zero-order valence-corrected chi connectivity index (χ0v) is 16.7. The minimum absolute atomic E-state index is 0.325. The van der Waals surface area contributed by atoms with E-state index in [1.165, 1.54) is 12.0 Å². The number of benzene rings is 1. The van der Waals surface area contributed by atoms with Crippen molar-refractivity contribution in [1.29, 1.82) is 0 Å². The van der Waals surface area contributed by atoms with Crippen LogP contribution in [0.4, 0.5) is 10.7 Å². The number of hydrogen-bond donors (Lipinski definition) is 2. The third kappa shape index (κ3) is 3.66. The van der Waals surface area contributed by atoms with Gasteiger partial charge in [-0.05, 0) is 68.1 Å². The Bertz CT molecular complexity index is 838. The van der Waals surface area contributed by atoms with E-state index in [0.29, 0.717) is 15.7 Å². The summed E-state index contributed by atoms with van der Waals surface area (Å²) in [5.41, 5.74) is 4.57. The number of fused-ring (bicyclic) bond motifs is 1. The number of ether oxygens (including phenoxy) is 1. The summed E-state index contributed by atoms with van der Waals surface area (Å²) in [6, 6.07) is 3.93. The predicted octanol–water partition coefficient (Wildman–Crippen LogP) is 5.10. The molecule has 1 aliphatic rings. The molecule has 0 bridgehead atoms. The highest BCUT2D eigenvalue weighted by molar-refractivity contribution is 7.80. The maximum Gasteiger partial charge on any atom is 0.341 e. The molecule has 0 saturated carbocycles. The summed E-state index contributed by atoms with van der Waals surface area (Å²) in [6.45, 7) is 3.97. The summed E-state index contributed by atoms with van der Waals surface area (Å²) in [4.78, 5) is 13.4. The van der Waals surface area contributed by atoms with Gasteiger partial charge < -0.3 is 15.4 Å². The van der Waals surface area contributed by atoms with Crippen LogP contribution in [-0.2, 0) is 17.6 Å². The number of hydrogen-bond acceptors (Lipinski definition) is 4. The van der Waals surface area contributed by atoms with Crippen molar-refractivity contribution in [3.8, 4) is 0 Å². The van der Waals surface area contributed by atoms with Gasteiger partial charge >= 0.3 is 5.97 Å². The zero-order valence-electron chi connectivity index (χ0n) is 14.3. The van der Waals surface area contributed by atoms with Gasteiger partial charge in [-0.1, -0.05) is 17.7 Å². The van der Waals surface area contributed by atoms with Crippen molar-refractivity contribution in [3.05, 3.63) is 44.3 Å². The van der Waals surface area contributed by atoms with Crippen LogP contribution in [0.3, 0.4) is 0 Å². The van der Waals surface area contributed by atoms with Gasteiger partial charge in [0.05, 0.1) is 23.4 Å². The van der Waals surface area contributed by atoms with E-state index in [0.717, 1.165) is 46.6 Å². The molecule has 3 rings (SSSR count). The van der Waals surface area contributed by atoms with Crippen LogP contribution >= 0.6 is 35.2 Å². The van der Waals surface area contributed by atoms with E-state index in [1.807, 2.05) is 26.0 Å². The van der Waals surface area contributed by atoms with E-state index >= 15 is 0 Å². The number of carbonyl (C=O) groups is 1. The first-order chi connectivity index (χ1) is 11.9. The fourth-order valence-corrected chi connectivity index (χ4v) is 5.05. The third-order valence-corrected chi connectivity index (χ3v) is 5.92. The number of esters is 1. The average Bonchev–Trinajstić information content (AvgIpc) is 3.10. The Balaban J connectivity index is 1.84. The molecule has 0 unspecified atom stereocenters. The smallest absolute Gasteiger partial charge is 0.341 e. The molecule has 0 aliphatic heterocycles. The summed E-state index contributed by atoms with van der Waals surface area (Å²) in [5, 5.41) is 8.05. The average molecular weight is 395 g/mol. The molecule has 7 heteroatoms. The Morgan fingerprint density at radius 3 is 2.72 bits per heavy atom. The van der Waals surface area contributed by atoms with Crippen molar-refractivity contribution in [3.63, 3.8) is 0 Å². The standard InChI is InChI=1S/C18H19ClN2O2S2/c1-9-7-10(2)15(12(19)8-9)20-18(24)21-16-14(17(22)23-3)11-5-4-6-13(11)25-16/h7-8H,4-6H2,1-3H3,(H2,20,21,24). The fraction of sp³-hybridized carbons (Fsp3) is 0.333. The highest BCUT2D eigenvalue weighted by atomic mass is 35.5. The number of halogens is 1. The number of thiophene rings is 1. The molecule has 1 aliphatic carbocycles. The molecule has 0 radical (unpaired) electrons. The Morgan fingerprint density at radius 2 is 2.04 bits per heavy atom. The van der Waals surface area contributed by atoms with E-state index in [-0.39, 0.29) is 5.97 Å². The lowest BCUT2D eigenvalue weighted by atomic mass is 10.1. The normalized spacial score (nSPS) is 12.6. The zero-order chi connectivity index (χ0) is 18.1. The van der Waals surface area contributed by atoms with Crippen LogP contribution in [-0.4, -0.2) is 18.2 Å². The van der Waals surface area contributed by atoms with Gasteiger partial charge in [-0.15, -0.1) is 11.3 Å². The summed E-state index contributed by atoms with van der Waals surface area (Å²) in [5.74, 6) is -0.325. The second-order valence-electron chi connectivity index (χ2n) is 6.07. The van der Waals surface area contributed by atoms with Crippen molar-refractivity contribution < 1.29 is 9.53 Å². The Kier molecular flexibility index (Phi) is 5.32. The van der Waals surface area contributed by atoms with Crippen LogP contribution in [0, 0.1) is 13.8 Å². The maximum atomic E-state index is 12.2. The molecule has 1 aromatic heterocycles. The van der Waals surface area contributed by atoms with E-state index in [1.54, 1.807) is 11.3 Å². The lowest BCUT2D eigenvalue weighted by molar-refractivity contribution is 0.0601. The molecule has 0 atom stereocenters. The van der Waals surface area contributed by atoms with Crippen molar-refractivity contribution in [1.82, 2.24) is 0 Å². The number of carbonyl (C=O) groups excluding carboxylic acids is 1. The molecular weight excluding hydrogens is 376 g/mol. The van der Waals surface area contributed by atoms with Crippen molar-refractivity contribution >= 4 is 56.9 Å². The quantitative estimate of drug-likeness (QED) is 0.560. The van der Waals surface area contributed by atoms with Gasteiger partial charge in [0.25, 0.3) is 0 Å². The molecule has 0 fully saturated rings. The molecule has 0 saturated heterocycles. The van der Waals surface area contributed by atoms with E-state index in [4.69, 9.17) is 28.6 Å². The number of methoxy groups -OCH3 is 1. The van der Waals surface area contributed by atoms with Crippen molar-refractivity contribution in [2.24, 2.45) is 0 Å². The Hall–Kier alpha value is -1.63. The Morgan fingerprint density at radius 1 is 1.28 bits per heavy atom. The van der Waals surface area contributed by atoms with Gasteiger partial charge in [-0.3, -0.25) is 0 Å². The molecule has 2 aromatic rings. The Labute approximate surface area is 161 Å². The molecule has 2 N–H and O–H groups in total. The monoisotopic (exact) mass is 394 g/mol. The second kappa shape index (κ2) is 7.32. The molecule has 1 aromatic carbocycles. The molecular formula is C18H19ClN2O2S2. The fourth-order valence-electron chi connectivity index (χ4n) is 3.13. The molecule has 1 heterocycles. The molecule has 132 valence electrons. The van der Waals surface area contributed by atoms with E-state index in [2.05, 4.69) is 10.6 Å². The predicted molar refractivity (Wildman–Crippen MR) is 108 cm³/mol. The minimum Gasteiger partial charge on any atom is -0.465 e. The lowest BCUT2D eigenvalue weighted by Gasteiger charge is -2.15. The van der Waals surface area contributed by atoms with Crippen molar-refractivity contribution in [2.45, 2.75) is 33.1 Å². The summed E-state index contributed by atoms with van der Waals surface area (Å²) < 4.78 is 4.95. The van der Waals surface area contributed by atoms with Gasteiger partial charge in [0.1, 0.15) is 5.00 Å². The van der Waals surface area contributed by atoms with Crippen LogP contribution in [0.5, 0.6) is 0 Å². The van der Waals surface area contributed by atoms with Crippen LogP contribution in [0.1, 0.15) is 38.3 Å². The molecule has 0 amide bonds. The van der Waals surface area contributed by atoms with Gasteiger partial charge in [0.15, 0.2) is 5.11 Å². The molecule has 25 heavy (non-hydrogen) atoms. The summed E-state index contributed by atoms with van der Waals surface area (Å²) in [6.07, 6.45) is 2.97. The van der Waals surface area contributed by atoms with Gasteiger partial charge in [-0.25, -0.2) is 4.79 Å². The van der Waals surface area contributed by atoms with Gasteiger partial charge in [0, 0.05) is 4.88 Å². The first-order valence-electron chi connectivity index (χ1n) is 7.98. The summed E-state index contributed by atoms with van der Waals surface area (Å²) in [7, 11) is 1.40. The number of thiocarbonyl (C=S) groups is 1. The molecule has 4 nitrogen and oxygen atoms in total. The van der Waals surface area contributed by atoms with E-state index < -0.39 is 0 Å². The van der Waals surface area contributed by atoms with Crippen LogP contribution in [0.15, 0.2) is 12.1 Å². The first-order valence-corrected chi connectivity index (χ1v) is 9.58. The maximum absolute atomic E-state index is 12.2. The second-order valence-corrected chi connectivity index (χ2v) is 7.99. The number of nitrogens with one attached hydrogen (secondary N) is 2. The van der Waals surface area contributed by atoms with Gasteiger partial charge in [0.2, 0.25) is 0 Å². The van der Waals surface area contributed by atoms with Gasteiger partial charge in [-0.2, -0.15) is 0 Å². The topological polar surface area (TPSA) is 50.4 Å². The number of anilines is 2. The first kappa shape index (κ1) is 18.2. The lowest BCUT2D eigenvalue weighted by Crippen LogP contribution is -2.21. The van der Waals surface area contributed by atoms with E-state index in [9.17, 15) is 4.79 Å². The van der Waals surface area contributed by atoms with Crippen LogP contribution in [0.2, 0.25) is 5.02 Å². The largest absolute Gasteiger partial charge is 0.465 e. The number of aryl methyl sites for hydroxylation is 3. The third-order valence-electron chi connectivity index (χ3n) is 4.21. The highest BCUT2D eigenvalue weighted by Gasteiger charge is 2.27. The SMILES string of the molecule is COC(=O)c1c(NC(=S)Nc2c(C)cc(C)cc2Cl)sc2c1CCC2. The summed E-state index contributed by atoms with van der Waals surface area (Å²) >= 11 is 13.3. The van der Waals surface area contributed by atoms with Crippen molar-refractivity contribution in [2.75, 3.05) is 17.7 Å². The van der Waals surface area contributed by atoms with Crippen LogP contribution < -0.4 is 10.6 Å². The minimum atomic E-state index is -0.325. The highest BCUT2D eigenvalue weighted by Crippen LogP contribution is 2.39. The van der Waals surface area contributed by atoms with Crippen LogP contribution in [0.25, 0.3) is 0 Å². The number of rotatable bonds is 3. The molecule has 0 spiro atoms.